The Labute approximate surface area is 99.1 Å². The Hall–Kier alpha value is -0.750. The molecule has 0 aromatic rings. The van der Waals surface area contributed by atoms with E-state index in [1.807, 2.05) is 11.8 Å². The summed E-state index contributed by atoms with van der Waals surface area (Å²) in [5.74, 6) is 0.617. The summed E-state index contributed by atoms with van der Waals surface area (Å²) in [6.07, 6.45) is 1.49. The van der Waals surface area contributed by atoms with Crippen LogP contribution in [0.15, 0.2) is 0 Å². The van der Waals surface area contributed by atoms with E-state index in [-0.39, 0.29) is 22.7 Å². The SMILES string of the molecule is CCCC(=O)N1CC2(C1)N[C@H](C(N)=O)CS2. The van der Waals surface area contributed by atoms with Gasteiger partial charge in [0.15, 0.2) is 0 Å². The minimum atomic E-state index is -0.303. The van der Waals surface area contributed by atoms with Crippen molar-refractivity contribution in [3.8, 4) is 0 Å². The zero-order valence-corrected chi connectivity index (χ0v) is 10.2. The lowest BCUT2D eigenvalue weighted by atomic mass is 10.1. The molecule has 1 atom stereocenters. The predicted octanol–water partition coefficient (Wildman–Crippen LogP) is -0.485. The number of carbonyl (C=O) groups excluding carboxylic acids is 2. The largest absolute Gasteiger partial charge is 0.368 e. The maximum atomic E-state index is 11.6. The molecular formula is C10H17N3O2S. The molecule has 90 valence electrons. The number of nitrogens with two attached hydrogens (primary N) is 1. The molecule has 1 spiro atoms. The van der Waals surface area contributed by atoms with Gasteiger partial charge in [-0.2, -0.15) is 0 Å². The van der Waals surface area contributed by atoms with Crippen LogP contribution in [-0.2, 0) is 9.59 Å². The minimum absolute atomic E-state index is 0.108. The van der Waals surface area contributed by atoms with Crippen LogP contribution < -0.4 is 11.1 Å². The quantitative estimate of drug-likeness (QED) is 0.702. The summed E-state index contributed by atoms with van der Waals surface area (Å²) in [5.41, 5.74) is 5.24. The minimum Gasteiger partial charge on any atom is -0.368 e. The van der Waals surface area contributed by atoms with E-state index in [9.17, 15) is 9.59 Å². The Balaban J connectivity index is 1.84. The molecule has 2 aliphatic rings. The summed E-state index contributed by atoms with van der Waals surface area (Å²) >= 11 is 1.70. The van der Waals surface area contributed by atoms with Crippen LogP contribution in [-0.4, -0.2) is 46.5 Å². The summed E-state index contributed by atoms with van der Waals surface area (Å²) in [5, 5.41) is 3.22. The average molecular weight is 243 g/mol. The van der Waals surface area contributed by atoms with Crippen molar-refractivity contribution in [1.29, 1.82) is 0 Å². The van der Waals surface area contributed by atoms with Crippen molar-refractivity contribution in [2.24, 2.45) is 5.73 Å². The first-order valence-corrected chi connectivity index (χ1v) is 6.53. The molecule has 0 unspecified atom stereocenters. The molecule has 0 aromatic heterocycles. The monoisotopic (exact) mass is 243 g/mol. The summed E-state index contributed by atoms with van der Waals surface area (Å²) in [6, 6.07) is -0.242. The van der Waals surface area contributed by atoms with Crippen molar-refractivity contribution < 1.29 is 9.59 Å². The second-order valence-electron chi connectivity index (χ2n) is 4.40. The Bertz CT molecular complexity index is 315. The molecule has 0 bridgehead atoms. The van der Waals surface area contributed by atoms with E-state index in [1.165, 1.54) is 0 Å². The molecule has 2 amide bonds. The molecule has 6 heteroatoms. The van der Waals surface area contributed by atoms with Gasteiger partial charge in [-0.3, -0.25) is 14.9 Å². The predicted molar refractivity (Wildman–Crippen MR) is 62.8 cm³/mol. The molecule has 2 fully saturated rings. The van der Waals surface area contributed by atoms with E-state index in [0.717, 1.165) is 6.42 Å². The van der Waals surface area contributed by atoms with Crippen LogP contribution in [0.5, 0.6) is 0 Å². The molecular weight excluding hydrogens is 226 g/mol. The van der Waals surface area contributed by atoms with Crippen LogP contribution in [0.1, 0.15) is 19.8 Å². The molecule has 3 N–H and O–H groups in total. The van der Waals surface area contributed by atoms with Gasteiger partial charge in [0, 0.05) is 12.2 Å². The third-order valence-corrected chi connectivity index (χ3v) is 4.44. The fourth-order valence-electron chi connectivity index (χ4n) is 2.10. The molecule has 2 saturated heterocycles. The summed E-state index contributed by atoms with van der Waals surface area (Å²) in [7, 11) is 0. The first kappa shape index (κ1) is 11.7. The van der Waals surface area contributed by atoms with Crippen LogP contribution in [0.3, 0.4) is 0 Å². The maximum absolute atomic E-state index is 11.6. The first-order valence-electron chi connectivity index (χ1n) is 5.55. The third-order valence-electron chi connectivity index (χ3n) is 3.02. The van der Waals surface area contributed by atoms with E-state index >= 15 is 0 Å². The zero-order valence-electron chi connectivity index (χ0n) is 9.36. The third kappa shape index (κ3) is 2.04. The lowest BCUT2D eigenvalue weighted by Crippen LogP contribution is -2.68. The summed E-state index contributed by atoms with van der Waals surface area (Å²) in [4.78, 5) is 24.3. The Morgan fingerprint density at radius 3 is 2.75 bits per heavy atom. The van der Waals surface area contributed by atoms with Crippen molar-refractivity contribution in [2.45, 2.75) is 30.7 Å². The number of nitrogens with zero attached hydrogens (tertiary/aromatic N) is 1. The molecule has 2 aliphatic heterocycles. The molecule has 0 aliphatic carbocycles. The standard InChI is InChI=1S/C10H17N3O2S/c1-2-3-8(14)13-5-10(6-13)12-7(4-16-10)9(11)15/h7,12H,2-6H2,1H3,(H2,11,15)/t7-/m0/s1. The highest BCUT2D eigenvalue weighted by molar-refractivity contribution is 8.01. The highest BCUT2D eigenvalue weighted by Gasteiger charge is 2.51. The lowest BCUT2D eigenvalue weighted by Gasteiger charge is -2.47. The normalized spacial score (nSPS) is 26.8. The number of thioether (sulfide) groups is 1. The number of amides is 2. The van der Waals surface area contributed by atoms with Crippen molar-refractivity contribution in [1.82, 2.24) is 10.2 Å². The molecule has 2 heterocycles. The molecule has 2 rings (SSSR count). The molecule has 0 aromatic carbocycles. The van der Waals surface area contributed by atoms with Crippen LogP contribution in [0, 0.1) is 0 Å². The smallest absolute Gasteiger partial charge is 0.235 e. The van der Waals surface area contributed by atoms with E-state index in [0.29, 0.717) is 25.3 Å². The van der Waals surface area contributed by atoms with Gasteiger partial charge in [0.25, 0.3) is 0 Å². The van der Waals surface area contributed by atoms with Gasteiger partial charge >= 0.3 is 0 Å². The number of primary amides is 1. The van der Waals surface area contributed by atoms with Crippen molar-refractivity contribution in [3.63, 3.8) is 0 Å². The van der Waals surface area contributed by atoms with Gasteiger partial charge in [-0.25, -0.2) is 0 Å². The van der Waals surface area contributed by atoms with Gasteiger partial charge in [-0.05, 0) is 6.42 Å². The van der Waals surface area contributed by atoms with Crippen LogP contribution in [0.2, 0.25) is 0 Å². The number of likely N-dealkylation sites (tertiary alicyclic amines) is 1. The topological polar surface area (TPSA) is 75.4 Å². The van der Waals surface area contributed by atoms with Gasteiger partial charge in [-0.15, -0.1) is 11.8 Å². The van der Waals surface area contributed by atoms with Gasteiger partial charge in [-0.1, -0.05) is 6.92 Å². The fraction of sp³-hybridized carbons (Fsp3) is 0.800. The fourth-order valence-corrected chi connectivity index (χ4v) is 3.55. The number of nitrogens with one attached hydrogen (secondary N) is 1. The Morgan fingerprint density at radius 2 is 2.25 bits per heavy atom. The first-order chi connectivity index (χ1) is 7.56. The van der Waals surface area contributed by atoms with E-state index < -0.39 is 0 Å². The Morgan fingerprint density at radius 1 is 1.56 bits per heavy atom. The highest BCUT2D eigenvalue weighted by atomic mass is 32.2. The van der Waals surface area contributed by atoms with Crippen molar-refractivity contribution >= 4 is 23.6 Å². The van der Waals surface area contributed by atoms with E-state index in [1.54, 1.807) is 11.8 Å². The maximum Gasteiger partial charge on any atom is 0.235 e. The van der Waals surface area contributed by atoms with Gasteiger partial charge in [0.1, 0.15) is 4.87 Å². The van der Waals surface area contributed by atoms with Crippen molar-refractivity contribution in [3.05, 3.63) is 0 Å². The number of hydrogen-bond acceptors (Lipinski definition) is 4. The van der Waals surface area contributed by atoms with Gasteiger partial charge in [0.2, 0.25) is 11.8 Å². The van der Waals surface area contributed by atoms with Gasteiger partial charge in [0.05, 0.1) is 19.1 Å². The highest BCUT2D eigenvalue weighted by Crippen LogP contribution is 2.38. The number of hydrogen-bond donors (Lipinski definition) is 2. The zero-order chi connectivity index (χ0) is 11.8. The van der Waals surface area contributed by atoms with E-state index in [4.69, 9.17) is 5.73 Å². The Kier molecular flexibility index (Phi) is 3.12. The van der Waals surface area contributed by atoms with Crippen LogP contribution >= 0.6 is 11.8 Å². The number of rotatable bonds is 3. The lowest BCUT2D eigenvalue weighted by molar-refractivity contribution is -0.137. The van der Waals surface area contributed by atoms with Crippen LogP contribution in [0.25, 0.3) is 0 Å². The molecule has 5 nitrogen and oxygen atoms in total. The molecule has 0 saturated carbocycles. The number of carbonyl (C=O) groups is 2. The second kappa shape index (κ2) is 4.25. The summed E-state index contributed by atoms with van der Waals surface area (Å²) in [6.45, 7) is 3.39. The van der Waals surface area contributed by atoms with Crippen molar-refractivity contribution in [2.75, 3.05) is 18.8 Å². The average Bonchev–Trinajstić information content (AvgIpc) is 2.60. The van der Waals surface area contributed by atoms with Crippen LogP contribution in [0.4, 0.5) is 0 Å². The van der Waals surface area contributed by atoms with Gasteiger partial charge < -0.3 is 10.6 Å². The summed E-state index contributed by atoms with van der Waals surface area (Å²) < 4.78 is 0. The van der Waals surface area contributed by atoms with E-state index in [2.05, 4.69) is 5.32 Å². The molecule has 0 radical (unpaired) electrons. The second-order valence-corrected chi connectivity index (χ2v) is 5.81. The molecule has 16 heavy (non-hydrogen) atoms.